The maximum atomic E-state index is 7.08. The molecule has 0 radical (unpaired) electrons. The molecule has 0 unspecified atom stereocenters. The molecule has 0 N–H and O–H groups in total. The summed E-state index contributed by atoms with van der Waals surface area (Å²) in [6, 6.07) is 80.1. The lowest BCUT2D eigenvalue weighted by Gasteiger charge is -2.27. The first kappa shape index (κ1) is 38.1. The molecule has 13 aromatic rings. The normalized spacial score (nSPS) is 13.0. The molecule has 0 aliphatic heterocycles. The molecule has 14 rings (SSSR count). The largest absolute Gasteiger partial charge is 0.455 e. The Bertz CT molecular complexity index is 4090. The van der Waals surface area contributed by atoms with Crippen molar-refractivity contribution in [2.45, 2.75) is 19.3 Å². The Balaban J connectivity index is 0.977. The highest BCUT2D eigenvalue weighted by atomic mass is 32.1. The van der Waals surface area contributed by atoms with Crippen LogP contribution in [0.3, 0.4) is 0 Å². The summed E-state index contributed by atoms with van der Waals surface area (Å²) in [7, 11) is 0. The van der Waals surface area contributed by atoms with Crippen LogP contribution in [0.15, 0.2) is 223 Å². The van der Waals surface area contributed by atoms with Crippen molar-refractivity contribution >= 4 is 92.3 Å². The summed E-state index contributed by atoms with van der Waals surface area (Å²) < 4.78 is 12.1. The summed E-state index contributed by atoms with van der Waals surface area (Å²) in [5.41, 5.74) is 18.3. The van der Waals surface area contributed by atoms with E-state index >= 15 is 0 Å². The minimum absolute atomic E-state index is 0.0714. The van der Waals surface area contributed by atoms with Gasteiger partial charge >= 0.3 is 0 Å². The topological polar surface area (TPSA) is 21.3 Å². The molecular weight excluding hydrogens is 833 g/mol. The van der Waals surface area contributed by atoms with Crippen LogP contribution in [0.1, 0.15) is 25.0 Å². The zero-order valence-electron chi connectivity index (χ0n) is 37.0. The highest BCUT2D eigenvalue weighted by molar-refractivity contribution is 7.25. The highest BCUT2D eigenvalue weighted by Crippen LogP contribution is 2.51. The van der Waals surface area contributed by atoms with Gasteiger partial charge in [0.1, 0.15) is 11.2 Å². The smallest absolute Gasteiger partial charge is 0.145 e. The molecule has 0 atom stereocenters. The fourth-order valence-electron chi connectivity index (χ4n) is 11.3. The summed E-state index contributed by atoms with van der Waals surface area (Å²) in [5, 5.41) is 7.15. The van der Waals surface area contributed by atoms with Crippen LogP contribution >= 0.6 is 11.3 Å². The number of nitrogens with zero attached hydrogens (tertiary/aromatic N) is 2. The minimum Gasteiger partial charge on any atom is -0.455 e. The Morgan fingerprint density at radius 2 is 1.03 bits per heavy atom. The van der Waals surface area contributed by atoms with Gasteiger partial charge in [-0.05, 0) is 112 Å². The zero-order valence-corrected chi connectivity index (χ0v) is 37.8. The number of aromatic nitrogens is 1. The summed E-state index contributed by atoms with van der Waals surface area (Å²) in [6.07, 6.45) is 0. The van der Waals surface area contributed by atoms with E-state index in [-0.39, 0.29) is 5.41 Å². The molecule has 1 aliphatic carbocycles. The van der Waals surface area contributed by atoms with E-state index in [9.17, 15) is 0 Å². The lowest BCUT2D eigenvalue weighted by atomic mass is 9.81. The Kier molecular flexibility index (Phi) is 8.20. The number of thiophene rings is 1. The van der Waals surface area contributed by atoms with Gasteiger partial charge in [0.05, 0.1) is 27.8 Å². The third-order valence-corrected chi connectivity index (χ3v) is 15.6. The van der Waals surface area contributed by atoms with Crippen LogP contribution in [0.25, 0.3) is 103 Å². The van der Waals surface area contributed by atoms with Crippen molar-refractivity contribution in [3.05, 3.63) is 230 Å². The van der Waals surface area contributed by atoms with Crippen molar-refractivity contribution in [1.29, 1.82) is 0 Å². The summed E-state index contributed by atoms with van der Waals surface area (Å²) in [6.45, 7) is 4.70. The molecule has 0 saturated carbocycles. The van der Waals surface area contributed by atoms with Crippen molar-refractivity contribution in [1.82, 2.24) is 4.57 Å². The third-order valence-electron chi connectivity index (χ3n) is 14.4. The highest BCUT2D eigenvalue weighted by Gasteiger charge is 2.35. The fraction of sp³-hybridized carbons (Fsp3) is 0.0476. The first-order valence-electron chi connectivity index (χ1n) is 23.1. The summed E-state index contributed by atoms with van der Waals surface area (Å²) in [4.78, 5) is 2.44. The Morgan fingerprint density at radius 1 is 0.433 bits per heavy atom. The molecule has 316 valence electrons. The number of para-hydroxylation sites is 4. The molecule has 3 nitrogen and oxygen atoms in total. The SMILES string of the molecule is CC1(C)c2ccccc2-c2ccc(-c3ccc(N(c4ccc5sc6ccccc6c5c4)c4ccc(-c5ccccc5-n5c6ccccc6c6ccccc65)c5oc6ccccc6c45)cc3)cc21. The predicted molar refractivity (Wildman–Crippen MR) is 284 cm³/mol. The standard InChI is InChI=1S/C63H42N2OS/c1-63(2)52-21-9-3-15-43(52)44-33-29-40(37-53(44)63)39-27-30-41(31-28-39)64(42-32-36-60-51(38-42)48-19-8-14-26-59(48)67-60)57-35-34-49(62-61(57)50-20-7-13-25-58(50)66-62)47-18-6-12-24-56(47)65-54-22-10-4-16-45(54)46-17-5-11-23-55(46)65/h3-38H,1-2H3. The number of anilines is 3. The molecule has 0 saturated heterocycles. The Hall–Kier alpha value is -8.18. The van der Waals surface area contributed by atoms with Crippen molar-refractivity contribution in [3.8, 4) is 39.1 Å². The van der Waals surface area contributed by atoms with Crippen LogP contribution in [0.2, 0.25) is 0 Å². The molecule has 0 spiro atoms. The van der Waals surface area contributed by atoms with Crippen molar-refractivity contribution in [3.63, 3.8) is 0 Å². The second-order valence-electron chi connectivity index (χ2n) is 18.4. The minimum atomic E-state index is -0.0714. The average molecular weight is 875 g/mol. The molecule has 0 fully saturated rings. The van der Waals surface area contributed by atoms with Crippen LogP contribution in [0.4, 0.5) is 17.1 Å². The molecule has 3 aromatic heterocycles. The van der Waals surface area contributed by atoms with E-state index in [1.165, 1.54) is 75.4 Å². The van der Waals surface area contributed by atoms with Gasteiger partial charge in [-0.2, -0.15) is 0 Å². The molecule has 10 aromatic carbocycles. The van der Waals surface area contributed by atoms with Gasteiger partial charge < -0.3 is 13.9 Å². The Morgan fingerprint density at radius 3 is 1.84 bits per heavy atom. The van der Waals surface area contributed by atoms with Crippen LogP contribution in [-0.4, -0.2) is 4.57 Å². The third kappa shape index (κ3) is 5.63. The van der Waals surface area contributed by atoms with E-state index in [1.54, 1.807) is 0 Å². The second kappa shape index (κ2) is 14.4. The number of benzene rings is 10. The number of hydrogen-bond donors (Lipinski definition) is 0. The van der Waals surface area contributed by atoms with Gasteiger partial charge in [-0.3, -0.25) is 0 Å². The van der Waals surface area contributed by atoms with E-state index in [4.69, 9.17) is 4.42 Å². The van der Waals surface area contributed by atoms with E-state index in [1.807, 2.05) is 11.3 Å². The molecular formula is C63H42N2OS. The van der Waals surface area contributed by atoms with Gasteiger partial charge in [0, 0.05) is 64.2 Å². The van der Waals surface area contributed by atoms with Gasteiger partial charge in [0.15, 0.2) is 0 Å². The Labute approximate surface area is 392 Å². The number of rotatable bonds is 6. The molecule has 4 heteroatoms. The lowest BCUT2D eigenvalue weighted by molar-refractivity contribution is 0.660. The molecule has 1 aliphatic rings. The number of furan rings is 1. The predicted octanol–water partition coefficient (Wildman–Crippen LogP) is 18.2. The van der Waals surface area contributed by atoms with Crippen LogP contribution in [0, 0.1) is 0 Å². The van der Waals surface area contributed by atoms with Crippen LogP contribution < -0.4 is 4.90 Å². The van der Waals surface area contributed by atoms with E-state index in [0.717, 1.165) is 55.8 Å². The second-order valence-corrected chi connectivity index (χ2v) is 19.5. The van der Waals surface area contributed by atoms with Gasteiger partial charge in [-0.15, -0.1) is 11.3 Å². The zero-order chi connectivity index (χ0) is 44.4. The number of fused-ring (bicyclic) bond motifs is 12. The molecule has 0 bridgehead atoms. The van der Waals surface area contributed by atoms with Crippen LogP contribution in [-0.2, 0) is 5.41 Å². The molecule has 3 heterocycles. The maximum Gasteiger partial charge on any atom is 0.145 e. The molecule has 0 amide bonds. The van der Waals surface area contributed by atoms with Crippen molar-refractivity contribution in [2.75, 3.05) is 4.90 Å². The van der Waals surface area contributed by atoms with E-state index in [0.29, 0.717) is 0 Å². The molecule has 67 heavy (non-hydrogen) atoms. The first-order valence-corrected chi connectivity index (χ1v) is 23.9. The summed E-state index contributed by atoms with van der Waals surface area (Å²) in [5.74, 6) is 0. The van der Waals surface area contributed by atoms with E-state index in [2.05, 4.69) is 242 Å². The van der Waals surface area contributed by atoms with Gasteiger partial charge in [0.25, 0.3) is 0 Å². The van der Waals surface area contributed by atoms with Gasteiger partial charge in [-0.1, -0.05) is 153 Å². The quantitative estimate of drug-likeness (QED) is 0.166. The lowest BCUT2D eigenvalue weighted by Crippen LogP contribution is -2.14. The van der Waals surface area contributed by atoms with Crippen molar-refractivity contribution in [2.24, 2.45) is 0 Å². The fourth-order valence-corrected chi connectivity index (χ4v) is 12.3. The van der Waals surface area contributed by atoms with Gasteiger partial charge in [0.2, 0.25) is 0 Å². The summed E-state index contributed by atoms with van der Waals surface area (Å²) >= 11 is 1.85. The first-order chi connectivity index (χ1) is 33.0. The number of hydrogen-bond acceptors (Lipinski definition) is 3. The van der Waals surface area contributed by atoms with Crippen LogP contribution in [0.5, 0.6) is 0 Å². The average Bonchev–Trinajstić information content (AvgIpc) is 4.11. The van der Waals surface area contributed by atoms with Crippen molar-refractivity contribution < 1.29 is 4.42 Å². The van der Waals surface area contributed by atoms with Gasteiger partial charge in [-0.25, -0.2) is 0 Å². The monoisotopic (exact) mass is 874 g/mol. The van der Waals surface area contributed by atoms with E-state index < -0.39 is 0 Å². The maximum absolute atomic E-state index is 7.08.